The Kier molecular flexibility index (Phi) is 4.43. The SMILES string of the molecule is COc1ccc(C(C)NC(=O)N2CCC3(CCO3)CC2)cc1F. The number of benzene rings is 1. The standard InChI is InChI=1S/C17H23FN2O3/c1-12(13-3-4-15(22-2)14(18)11-13)19-16(21)20-8-5-17(6-9-20)7-10-23-17/h3-4,11-12H,5-10H2,1-2H3,(H,19,21). The predicted molar refractivity (Wildman–Crippen MR) is 84.0 cm³/mol. The Hall–Kier alpha value is -1.82. The van der Waals surface area contributed by atoms with Gasteiger partial charge in [0.15, 0.2) is 11.6 Å². The summed E-state index contributed by atoms with van der Waals surface area (Å²) >= 11 is 0. The molecule has 3 rings (SSSR count). The molecule has 1 aromatic rings. The number of carbonyl (C=O) groups excluding carboxylic acids is 1. The van der Waals surface area contributed by atoms with E-state index in [1.165, 1.54) is 13.2 Å². The molecule has 2 aliphatic heterocycles. The average molecular weight is 322 g/mol. The van der Waals surface area contributed by atoms with Crippen LogP contribution in [-0.2, 0) is 4.74 Å². The molecule has 0 aliphatic carbocycles. The summed E-state index contributed by atoms with van der Waals surface area (Å²) in [5, 5.41) is 2.93. The molecule has 23 heavy (non-hydrogen) atoms. The second-order valence-corrected chi connectivity index (χ2v) is 6.33. The van der Waals surface area contributed by atoms with E-state index in [9.17, 15) is 9.18 Å². The molecule has 0 saturated carbocycles. The molecule has 1 unspecified atom stereocenters. The fraction of sp³-hybridized carbons (Fsp3) is 0.588. The topological polar surface area (TPSA) is 50.8 Å². The van der Waals surface area contributed by atoms with Crippen LogP contribution in [0.25, 0.3) is 0 Å². The summed E-state index contributed by atoms with van der Waals surface area (Å²) in [6.07, 6.45) is 2.89. The van der Waals surface area contributed by atoms with Gasteiger partial charge in [0.05, 0.1) is 25.4 Å². The number of likely N-dealkylation sites (tertiary alicyclic amines) is 1. The van der Waals surface area contributed by atoms with Crippen LogP contribution in [0.1, 0.15) is 37.8 Å². The van der Waals surface area contributed by atoms with E-state index in [-0.39, 0.29) is 23.4 Å². The number of halogens is 1. The summed E-state index contributed by atoms with van der Waals surface area (Å²) in [5.41, 5.74) is 0.745. The molecule has 2 fully saturated rings. The zero-order chi connectivity index (χ0) is 16.4. The minimum atomic E-state index is -0.423. The Labute approximate surface area is 135 Å². The highest BCUT2D eigenvalue weighted by molar-refractivity contribution is 5.74. The number of nitrogens with zero attached hydrogens (tertiary/aromatic N) is 1. The highest BCUT2D eigenvalue weighted by Gasteiger charge is 2.42. The molecule has 1 N–H and O–H groups in total. The minimum Gasteiger partial charge on any atom is -0.494 e. The lowest BCUT2D eigenvalue weighted by atomic mass is 9.84. The van der Waals surface area contributed by atoms with E-state index in [1.807, 2.05) is 11.8 Å². The van der Waals surface area contributed by atoms with Crippen LogP contribution in [-0.4, -0.2) is 43.3 Å². The van der Waals surface area contributed by atoms with E-state index in [2.05, 4.69) is 5.32 Å². The van der Waals surface area contributed by atoms with Gasteiger partial charge in [-0.25, -0.2) is 9.18 Å². The number of hydrogen-bond donors (Lipinski definition) is 1. The lowest BCUT2D eigenvalue weighted by molar-refractivity contribution is -0.169. The smallest absolute Gasteiger partial charge is 0.317 e. The van der Waals surface area contributed by atoms with E-state index in [0.29, 0.717) is 18.7 Å². The summed E-state index contributed by atoms with van der Waals surface area (Å²) in [7, 11) is 1.43. The van der Waals surface area contributed by atoms with Crippen molar-refractivity contribution in [2.75, 3.05) is 26.8 Å². The van der Waals surface area contributed by atoms with E-state index >= 15 is 0 Å². The molecule has 0 bridgehead atoms. The third kappa shape index (κ3) is 3.27. The van der Waals surface area contributed by atoms with Gasteiger partial charge in [0, 0.05) is 13.1 Å². The highest BCUT2D eigenvalue weighted by Crippen LogP contribution is 2.36. The summed E-state index contributed by atoms with van der Waals surface area (Å²) in [6, 6.07) is 4.37. The van der Waals surface area contributed by atoms with Crippen molar-refractivity contribution in [3.8, 4) is 5.75 Å². The first kappa shape index (κ1) is 16.1. The molecule has 5 nitrogen and oxygen atoms in total. The van der Waals surface area contributed by atoms with Crippen molar-refractivity contribution in [2.24, 2.45) is 0 Å². The van der Waals surface area contributed by atoms with Crippen molar-refractivity contribution in [1.82, 2.24) is 10.2 Å². The maximum Gasteiger partial charge on any atom is 0.317 e. The predicted octanol–water partition coefficient (Wildman–Crippen LogP) is 2.86. The van der Waals surface area contributed by atoms with Gasteiger partial charge in [0.25, 0.3) is 0 Å². The fourth-order valence-corrected chi connectivity index (χ4v) is 3.21. The van der Waals surface area contributed by atoms with Gasteiger partial charge in [-0.1, -0.05) is 6.07 Å². The van der Waals surface area contributed by atoms with Gasteiger partial charge >= 0.3 is 6.03 Å². The Morgan fingerprint density at radius 2 is 2.09 bits per heavy atom. The molecular weight excluding hydrogens is 299 g/mol. The first-order valence-electron chi connectivity index (χ1n) is 8.06. The van der Waals surface area contributed by atoms with Crippen LogP contribution in [0.4, 0.5) is 9.18 Å². The Morgan fingerprint density at radius 1 is 1.39 bits per heavy atom. The van der Waals surface area contributed by atoms with Crippen LogP contribution in [0.2, 0.25) is 0 Å². The minimum absolute atomic E-state index is 0.0293. The molecule has 2 amide bonds. The molecule has 2 heterocycles. The van der Waals surface area contributed by atoms with Crippen LogP contribution < -0.4 is 10.1 Å². The van der Waals surface area contributed by atoms with Gasteiger partial charge in [-0.3, -0.25) is 0 Å². The van der Waals surface area contributed by atoms with Gasteiger partial charge < -0.3 is 19.7 Å². The molecule has 2 aliphatic rings. The zero-order valence-electron chi connectivity index (χ0n) is 13.6. The molecule has 1 atom stereocenters. The molecule has 1 spiro atoms. The monoisotopic (exact) mass is 322 g/mol. The van der Waals surface area contributed by atoms with E-state index < -0.39 is 5.82 Å². The number of rotatable bonds is 3. The first-order chi connectivity index (χ1) is 11.0. The number of piperidine rings is 1. The van der Waals surface area contributed by atoms with Crippen molar-refractivity contribution < 1.29 is 18.7 Å². The number of carbonyl (C=O) groups is 1. The summed E-state index contributed by atoms with van der Waals surface area (Å²) < 4.78 is 24.3. The van der Waals surface area contributed by atoms with Gasteiger partial charge in [-0.05, 0) is 43.9 Å². The summed E-state index contributed by atoms with van der Waals surface area (Å²) in [6.45, 7) is 4.09. The van der Waals surface area contributed by atoms with Gasteiger partial charge in [0.1, 0.15) is 0 Å². The summed E-state index contributed by atoms with van der Waals surface area (Å²) in [4.78, 5) is 14.2. The van der Waals surface area contributed by atoms with Crippen LogP contribution in [0.3, 0.4) is 0 Å². The number of hydrogen-bond acceptors (Lipinski definition) is 3. The highest BCUT2D eigenvalue weighted by atomic mass is 19.1. The number of amides is 2. The molecule has 0 aromatic heterocycles. The van der Waals surface area contributed by atoms with Crippen molar-refractivity contribution in [3.63, 3.8) is 0 Å². The maximum absolute atomic E-state index is 13.8. The number of methoxy groups -OCH3 is 1. The Morgan fingerprint density at radius 3 is 2.61 bits per heavy atom. The molecule has 1 aromatic carbocycles. The van der Waals surface area contributed by atoms with Crippen molar-refractivity contribution in [2.45, 2.75) is 37.8 Å². The number of urea groups is 1. The Balaban J connectivity index is 1.56. The number of ether oxygens (including phenoxy) is 2. The molecule has 126 valence electrons. The van der Waals surface area contributed by atoms with Crippen LogP contribution in [0.5, 0.6) is 5.75 Å². The van der Waals surface area contributed by atoms with E-state index in [0.717, 1.165) is 25.9 Å². The largest absolute Gasteiger partial charge is 0.494 e. The van der Waals surface area contributed by atoms with Gasteiger partial charge in [-0.2, -0.15) is 0 Å². The second kappa shape index (κ2) is 6.35. The third-order valence-electron chi connectivity index (χ3n) is 4.94. The first-order valence-corrected chi connectivity index (χ1v) is 8.06. The van der Waals surface area contributed by atoms with Crippen LogP contribution in [0, 0.1) is 5.82 Å². The van der Waals surface area contributed by atoms with Crippen LogP contribution >= 0.6 is 0 Å². The van der Waals surface area contributed by atoms with E-state index in [1.54, 1.807) is 12.1 Å². The Bertz CT molecular complexity index is 579. The average Bonchev–Trinajstić information content (AvgIpc) is 2.53. The van der Waals surface area contributed by atoms with Gasteiger partial charge in [0.2, 0.25) is 0 Å². The summed E-state index contributed by atoms with van der Waals surface area (Å²) in [5.74, 6) is -0.220. The van der Waals surface area contributed by atoms with Crippen molar-refractivity contribution in [3.05, 3.63) is 29.6 Å². The van der Waals surface area contributed by atoms with Crippen molar-refractivity contribution in [1.29, 1.82) is 0 Å². The fourth-order valence-electron chi connectivity index (χ4n) is 3.21. The quantitative estimate of drug-likeness (QED) is 0.931. The molecule has 6 heteroatoms. The molecular formula is C17H23FN2O3. The maximum atomic E-state index is 13.8. The van der Waals surface area contributed by atoms with Gasteiger partial charge in [-0.15, -0.1) is 0 Å². The molecule has 2 saturated heterocycles. The second-order valence-electron chi connectivity index (χ2n) is 6.33. The lowest BCUT2D eigenvalue weighted by Crippen LogP contribution is -2.55. The zero-order valence-corrected chi connectivity index (χ0v) is 13.6. The number of nitrogens with one attached hydrogen (secondary N) is 1. The normalized spacial score (nSPS) is 20.7. The van der Waals surface area contributed by atoms with E-state index in [4.69, 9.17) is 9.47 Å². The lowest BCUT2D eigenvalue weighted by Gasteiger charge is -2.47. The van der Waals surface area contributed by atoms with Crippen LogP contribution in [0.15, 0.2) is 18.2 Å². The third-order valence-corrected chi connectivity index (χ3v) is 4.94. The molecule has 0 radical (unpaired) electrons. The van der Waals surface area contributed by atoms with Crippen molar-refractivity contribution >= 4 is 6.03 Å².